The first kappa shape index (κ1) is 21.9. The van der Waals surface area contributed by atoms with Crippen molar-refractivity contribution in [2.45, 2.75) is 43.7 Å². The largest absolute Gasteiger partial charge is 0.385 e. The number of aromatic nitrogens is 4. The molecule has 2 aliphatic rings. The summed E-state index contributed by atoms with van der Waals surface area (Å²) >= 11 is 0. The Bertz CT molecular complexity index is 1380. The van der Waals surface area contributed by atoms with Gasteiger partial charge in [-0.15, -0.1) is 0 Å². The van der Waals surface area contributed by atoms with E-state index >= 15 is 0 Å². The van der Waals surface area contributed by atoms with Crippen LogP contribution in [0.2, 0.25) is 0 Å². The zero-order valence-corrected chi connectivity index (χ0v) is 19.3. The van der Waals surface area contributed by atoms with Gasteiger partial charge in [0.2, 0.25) is 17.0 Å². The molecule has 6 rings (SSSR count). The first-order chi connectivity index (χ1) is 17.1. The summed E-state index contributed by atoms with van der Waals surface area (Å²) in [7, 11) is 0. The Morgan fingerprint density at radius 3 is 2.66 bits per heavy atom. The summed E-state index contributed by atoms with van der Waals surface area (Å²) in [6.45, 7) is 0.416. The number of hydrogen-bond acceptors (Lipinski definition) is 4. The third kappa shape index (κ3) is 3.51. The molecule has 178 valence electrons. The number of likely N-dealkylation sites (tertiary alicyclic amines) is 1. The summed E-state index contributed by atoms with van der Waals surface area (Å²) in [5, 5.41) is 11.9. The van der Waals surface area contributed by atoms with Gasteiger partial charge in [-0.1, -0.05) is 43.2 Å². The van der Waals surface area contributed by atoms with Crippen molar-refractivity contribution < 1.29 is 18.7 Å². The van der Waals surface area contributed by atoms with E-state index in [-0.39, 0.29) is 29.2 Å². The lowest BCUT2D eigenvalue weighted by Gasteiger charge is -2.52. The van der Waals surface area contributed by atoms with E-state index in [4.69, 9.17) is 0 Å². The van der Waals surface area contributed by atoms with Crippen molar-refractivity contribution in [1.82, 2.24) is 19.9 Å². The number of hydrogen-bond donors (Lipinski definition) is 2. The number of amides is 1. The van der Waals surface area contributed by atoms with E-state index in [0.29, 0.717) is 24.5 Å². The highest BCUT2D eigenvalue weighted by molar-refractivity contribution is 5.91. The van der Waals surface area contributed by atoms with E-state index in [1.807, 2.05) is 35.2 Å². The molecule has 1 aliphatic carbocycles. The Balaban J connectivity index is 1.41. The fraction of sp³-hybridized carbons (Fsp3) is 0.333. The highest BCUT2D eigenvalue weighted by Crippen LogP contribution is 2.47. The summed E-state index contributed by atoms with van der Waals surface area (Å²) in [6, 6.07) is 14.3. The van der Waals surface area contributed by atoms with E-state index in [1.54, 1.807) is 35.1 Å². The van der Waals surface area contributed by atoms with Gasteiger partial charge in [-0.25, -0.2) is 19.3 Å². The fourth-order valence-corrected chi connectivity index (χ4v) is 6.05. The van der Waals surface area contributed by atoms with Gasteiger partial charge in [-0.2, -0.15) is 4.40 Å². The number of benzene rings is 1. The van der Waals surface area contributed by atoms with Gasteiger partial charge in [0, 0.05) is 30.9 Å². The van der Waals surface area contributed by atoms with Gasteiger partial charge >= 0.3 is 11.7 Å². The van der Waals surface area contributed by atoms with Gasteiger partial charge in [0.05, 0.1) is 11.8 Å². The molecule has 3 aromatic heterocycles. The van der Waals surface area contributed by atoms with E-state index in [2.05, 4.69) is 15.0 Å². The summed E-state index contributed by atoms with van der Waals surface area (Å²) in [6.07, 6.45) is 9.03. The standard InChI is InChI=1S/C27H26FN5O2/c28-20-11-6-16-33-23(20)22(24-29-14-7-15-30-24)31-25(33)26(34)32-17-13-27(35,18-8-2-1-3-9-18)19-10-4-5-12-21(19)32/h1-3,6-9,11,14-16,19,21,35H,4-5,10,12-13,17H2/p+1/t19-,21+,27?/m1/s1. The van der Waals surface area contributed by atoms with E-state index in [1.165, 1.54) is 6.07 Å². The molecule has 7 nitrogen and oxygen atoms in total. The topological polar surface area (TPSA) is 86.2 Å². The Morgan fingerprint density at radius 2 is 1.86 bits per heavy atom. The van der Waals surface area contributed by atoms with Crippen molar-refractivity contribution >= 4 is 11.4 Å². The molecule has 0 radical (unpaired) electrons. The van der Waals surface area contributed by atoms with Crippen molar-refractivity contribution in [3.8, 4) is 11.5 Å². The fourth-order valence-electron chi connectivity index (χ4n) is 6.05. The lowest BCUT2D eigenvalue weighted by molar-refractivity contribution is -0.515. The van der Waals surface area contributed by atoms with Crippen LogP contribution < -0.4 is 4.40 Å². The number of nitrogens with one attached hydrogen (secondary N) is 1. The van der Waals surface area contributed by atoms with Crippen molar-refractivity contribution in [3.05, 3.63) is 84.3 Å². The van der Waals surface area contributed by atoms with Crippen LogP contribution in [-0.4, -0.2) is 43.5 Å². The Kier molecular flexibility index (Phi) is 5.33. The number of rotatable bonds is 3. The number of H-pyrrole nitrogens is 1. The number of piperidine rings is 1. The molecule has 1 saturated heterocycles. The summed E-state index contributed by atoms with van der Waals surface area (Å²) in [5.74, 6) is -0.146. The second kappa shape index (κ2) is 8.53. The average Bonchev–Trinajstić information content (AvgIpc) is 3.31. The van der Waals surface area contributed by atoms with Crippen LogP contribution in [0.25, 0.3) is 17.0 Å². The summed E-state index contributed by atoms with van der Waals surface area (Å²) in [5.41, 5.74) is 0.544. The lowest BCUT2D eigenvalue weighted by atomic mass is 9.66. The Labute approximate surface area is 202 Å². The van der Waals surface area contributed by atoms with Crippen LogP contribution in [-0.2, 0) is 5.60 Å². The van der Waals surface area contributed by atoms with Crippen molar-refractivity contribution in [2.24, 2.45) is 5.92 Å². The van der Waals surface area contributed by atoms with Gasteiger partial charge in [-0.3, -0.25) is 4.79 Å². The first-order valence-electron chi connectivity index (χ1n) is 12.2. The molecule has 1 amide bonds. The first-order valence-corrected chi connectivity index (χ1v) is 12.2. The zero-order chi connectivity index (χ0) is 24.0. The molecule has 1 aliphatic heterocycles. The third-order valence-electron chi connectivity index (χ3n) is 7.67. The predicted octanol–water partition coefficient (Wildman–Crippen LogP) is 3.64. The Hall–Kier alpha value is -3.65. The number of aliphatic hydroxyl groups is 1. The summed E-state index contributed by atoms with van der Waals surface area (Å²) in [4.78, 5) is 27.5. The molecule has 4 heterocycles. The number of aromatic amines is 1. The van der Waals surface area contributed by atoms with E-state index < -0.39 is 11.4 Å². The average molecular weight is 473 g/mol. The van der Waals surface area contributed by atoms with E-state index in [9.17, 15) is 14.3 Å². The minimum absolute atomic E-state index is 0.0590. The molecule has 2 fully saturated rings. The molecule has 1 saturated carbocycles. The van der Waals surface area contributed by atoms with Crippen LogP contribution in [0.1, 0.15) is 48.3 Å². The second-order valence-corrected chi connectivity index (χ2v) is 9.49. The number of carbonyl (C=O) groups excluding carboxylic acids is 1. The monoisotopic (exact) mass is 472 g/mol. The maximum absolute atomic E-state index is 15.0. The van der Waals surface area contributed by atoms with Crippen molar-refractivity contribution in [1.29, 1.82) is 0 Å². The van der Waals surface area contributed by atoms with Crippen LogP contribution >= 0.6 is 0 Å². The van der Waals surface area contributed by atoms with Gasteiger partial charge in [0.25, 0.3) is 0 Å². The molecule has 1 aromatic carbocycles. The number of carbonyl (C=O) groups is 1. The highest BCUT2D eigenvalue weighted by Gasteiger charge is 2.51. The zero-order valence-electron chi connectivity index (χ0n) is 19.3. The normalized spacial score (nSPS) is 24.3. The number of fused-ring (bicyclic) bond motifs is 2. The van der Waals surface area contributed by atoms with Crippen molar-refractivity contribution in [2.75, 3.05) is 6.54 Å². The molecule has 4 aromatic rings. The number of imidazole rings is 1. The Morgan fingerprint density at radius 1 is 1.09 bits per heavy atom. The minimum atomic E-state index is -0.969. The van der Waals surface area contributed by atoms with Crippen LogP contribution in [0, 0.1) is 11.7 Å². The van der Waals surface area contributed by atoms with Crippen molar-refractivity contribution in [3.63, 3.8) is 0 Å². The molecule has 2 N–H and O–H groups in total. The lowest BCUT2D eigenvalue weighted by Crippen LogP contribution is -2.59. The second-order valence-electron chi connectivity index (χ2n) is 9.49. The molecule has 1 unspecified atom stereocenters. The molecular weight excluding hydrogens is 445 g/mol. The summed E-state index contributed by atoms with van der Waals surface area (Å²) < 4.78 is 16.5. The van der Waals surface area contributed by atoms with Gasteiger partial charge in [0.15, 0.2) is 5.82 Å². The number of halogens is 1. The van der Waals surface area contributed by atoms with Crippen LogP contribution in [0.15, 0.2) is 67.1 Å². The van der Waals surface area contributed by atoms with Crippen LogP contribution in [0.4, 0.5) is 4.39 Å². The molecule has 0 bridgehead atoms. The SMILES string of the molecule is O=C(c1[nH]c(-c2ncccn2)c2c(F)ccc[n+]12)N1CCC(O)(c2ccccc2)[C@@H]2CCCC[C@@H]21. The van der Waals surface area contributed by atoms with E-state index in [0.717, 1.165) is 31.2 Å². The number of nitrogens with zero attached hydrogens (tertiary/aromatic N) is 4. The predicted molar refractivity (Wildman–Crippen MR) is 127 cm³/mol. The van der Waals surface area contributed by atoms with Crippen LogP contribution in [0.3, 0.4) is 0 Å². The molecule has 0 spiro atoms. The molecule has 3 atom stereocenters. The molecular formula is C27H27FN5O2+. The molecule has 35 heavy (non-hydrogen) atoms. The van der Waals surface area contributed by atoms with Crippen LogP contribution in [0.5, 0.6) is 0 Å². The maximum Gasteiger partial charge on any atom is 0.351 e. The van der Waals surface area contributed by atoms with Gasteiger partial charge in [0.1, 0.15) is 0 Å². The smallest absolute Gasteiger partial charge is 0.351 e. The van der Waals surface area contributed by atoms with Gasteiger partial charge < -0.3 is 10.0 Å². The van der Waals surface area contributed by atoms with Gasteiger partial charge in [-0.05, 0) is 43.0 Å². The quantitative estimate of drug-likeness (QED) is 0.446. The minimum Gasteiger partial charge on any atom is -0.385 e. The highest BCUT2D eigenvalue weighted by atomic mass is 19.1. The third-order valence-corrected chi connectivity index (χ3v) is 7.67. The maximum atomic E-state index is 15.0. The number of pyridine rings is 1. The molecule has 8 heteroatoms.